The molecule has 10 aromatic rings. The summed E-state index contributed by atoms with van der Waals surface area (Å²) >= 11 is 3.46. The van der Waals surface area contributed by atoms with Crippen molar-refractivity contribution in [3.63, 3.8) is 0 Å². The van der Waals surface area contributed by atoms with Gasteiger partial charge in [-0.05, 0) is 84.1 Å². The van der Waals surface area contributed by atoms with Crippen LogP contribution in [0.2, 0.25) is 0 Å². The highest BCUT2D eigenvalue weighted by molar-refractivity contribution is 9.10. The average molecular weight is 980 g/mol. The molecule has 2 aliphatic rings. The van der Waals surface area contributed by atoms with E-state index in [4.69, 9.17) is 12.8 Å². The number of imidazole rings is 4. The summed E-state index contributed by atoms with van der Waals surface area (Å²) in [5.74, 6) is 2.51. The van der Waals surface area contributed by atoms with Crippen molar-refractivity contribution in [2.24, 2.45) is 14.1 Å². The van der Waals surface area contributed by atoms with Crippen molar-refractivity contribution >= 4 is 85.3 Å². The van der Waals surface area contributed by atoms with Gasteiger partial charge in [-0.25, -0.2) is 39.5 Å². The van der Waals surface area contributed by atoms with Crippen molar-refractivity contribution < 1.29 is 11.0 Å². The number of anilines is 2. The van der Waals surface area contributed by atoms with E-state index >= 15 is 0 Å². The summed E-state index contributed by atoms with van der Waals surface area (Å²) in [6, 6.07) is 23.5. The first-order valence-electron chi connectivity index (χ1n) is 21.7. The molecule has 0 aliphatic carbocycles. The molecule has 12 rings (SSSR count). The van der Waals surface area contributed by atoms with Crippen LogP contribution in [-0.2, 0) is 14.1 Å². The Bertz CT molecular complexity index is 3430. The quantitative estimate of drug-likeness (QED) is 0.185. The molecule has 2 aliphatic heterocycles. The molecule has 0 spiro atoms. The summed E-state index contributed by atoms with van der Waals surface area (Å²) in [4.78, 5) is 70.8. The van der Waals surface area contributed by atoms with Gasteiger partial charge in [0.1, 0.15) is 26.3 Å². The number of fused-ring (bicyclic) bond motifs is 4. The van der Waals surface area contributed by atoms with Gasteiger partial charge in [0.05, 0.1) is 22.1 Å². The van der Waals surface area contributed by atoms with Crippen LogP contribution >= 0.6 is 15.9 Å². The maximum Gasteiger partial charge on any atom is 0.326 e. The number of benzene rings is 2. The molecule has 2 fully saturated rings. The number of hydrogen-bond donors (Lipinski definition) is 2. The van der Waals surface area contributed by atoms with E-state index < -0.39 is 0 Å². The Morgan fingerprint density at radius 2 is 1.09 bits per heavy atom. The van der Waals surface area contributed by atoms with Crippen LogP contribution in [0.1, 0.15) is 37.8 Å². The number of para-hydroxylation sites is 4. The van der Waals surface area contributed by atoms with Gasteiger partial charge in [-0.3, -0.25) is 19.1 Å². The topological polar surface area (TPSA) is 258 Å². The average Bonchev–Trinajstić information content (AvgIpc) is 4.08. The molecule has 2 saturated heterocycles. The Hall–Kier alpha value is -7.56. The van der Waals surface area contributed by atoms with Crippen molar-refractivity contribution in [1.82, 2.24) is 68.1 Å². The highest BCUT2D eigenvalue weighted by Gasteiger charge is 2.28. The summed E-state index contributed by atoms with van der Waals surface area (Å²) in [6.07, 6.45) is 13.5. The first-order chi connectivity index (χ1) is 32.2. The Morgan fingerprint density at radius 1 is 0.603 bits per heavy atom. The number of aromatic amines is 2. The number of halogens is 1. The lowest BCUT2D eigenvalue weighted by atomic mass is 10.00. The number of piperidine rings is 2. The number of aromatic nitrogens is 14. The number of nitrogens with zero attached hydrogens (tertiary/aromatic N) is 14. The fraction of sp³-hybridized carbons (Fsp3) is 0.261. The van der Waals surface area contributed by atoms with Gasteiger partial charge in [-0.1, -0.05) is 35.8 Å². The maximum absolute atomic E-state index is 12.6. The van der Waals surface area contributed by atoms with E-state index in [1.807, 2.05) is 93.0 Å². The number of nitrogens with one attached hydrogen (secondary N) is 2. The normalized spacial score (nSPS) is 14.3. The third kappa shape index (κ3) is 8.99. The van der Waals surface area contributed by atoms with Crippen LogP contribution in [0.3, 0.4) is 0 Å². The highest BCUT2D eigenvalue weighted by Crippen LogP contribution is 2.33. The second kappa shape index (κ2) is 20.1. The minimum atomic E-state index is -0.0417. The zero-order chi connectivity index (χ0) is 45.3. The van der Waals surface area contributed by atoms with Crippen molar-refractivity contribution in [3.8, 4) is 11.4 Å². The maximum atomic E-state index is 12.6. The molecule has 0 atom stereocenters. The van der Waals surface area contributed by atoms with Crippen LogP contribution in [0.15, 0.2) is 125 Å². The summed E-state index contributed by atoms with van der Waals surface area (Å²) in [5.41, 5.74) is 8.48. The van der Waals surface area contributed by atoms with Gasteiger partial charge in [0, 0.05) is 82.7 Å². The third-order valence-electron chi connectivity index (χ3n) is 12.3. The Morgan fingerprint density at radius 3 is 1.56 bits per heavy atom. The predicted octanol–water partition coefficient (Wildman–Crippen LogP) is 3.75. The molecular weight excluding hydrogens is 931 g/mol. The molecular formula is C46H48BBrN16O4. The van der Waals surface area contributed by atoms with Gasteiger partial charge in [0.2, 0.25) is 0 Å². The zero-order valence-corrected chi connectivity index (χ0v) is 38.8. The molecule has 22 heteroatoms. The number of H-pyrrole nitrogens is 2. The fourth-order valence-electron chi connectivity index (χ4n) is 9.09. The van der Waals surface area contributed by atoms with Crippen molar-refractivity contribution in [1.29, 1.82) is 0 Å². The van der Waals surface area contributed by atoms with E-state index in [-0.39, 0.29) is 34.4 Å². The predicted molar refractivity (Wildman–Crippen MR) is 266 cm³/mol. The van der Waals surface area contributed by atoms with Crippen LogP contribution in [0, 0.1) is 0 Å². The Labute approximate surface area is 398 Å². The van der Waals surface area contributed by atoms with Crippen LogP contribution in [0.25, 0.3) is 55.8 Å². The van der Waals surface area contributed by atoms with E-state index in [0.717, 1.165) is 124 Å². The van der Waals surface area contributed by atoms with Gasteiger partial charge in [-0.2, -0.15) is 0 Å². The Balaban J connectivity index is 0.000000158. The highest BCUT2D eigenvalue weighted by atomic mass is 79.9. The molecule has 68 heavy (non-hydrogen) atoms. The van der Waals surface area contributed by atoms with Crippen LogP contribution in [-0.4, -0.2) is 113 Å². The molecule has 2 radical (unpaired) electrons. The lowest BCUT2D eigenvalue weighted by Crippen LogP contribution is -2.37. The van der Waals surface area contributed by atoms with Gasteiger partial charge in [-0.15, -0.1) is 0 Å². The van der Waals surface area contributed by atoms with Gasteiger partial charge >= 0.3 is 11.4 Å². The summed E-state index contributed by atoms with van der Waals surface area (Å²) in [6.45, 7) is 3.22. The molecule has 0 bridgehead atoms. The van der Waals surface area contributed by atoms with Crippen LogP contribution in [0.5, 0.6) is 0 Å². The third-order valence-corrected chi connectivity index (χ3v) is 13.0. The summed E-state index contributed by atoms with van der Waals surface area (Å²) in [5, 5.41) is 0. The molecule has 2 aromatic carbocycles. The van der Waals surface area contributed by atoms with Gasteiger partial charge < -0.3 is 39.9 Å². The molecule has 346 valence electrons. The van der Waals surface area contributed by atoms with E-state index in [9.17, 15) is 9.59 Å². The molecule has 0 saturated carbocycles. The van der Waals surface area contributed by atoms with Gasteiger partial charge in [0.25, 0.3) is 0 Å². The van der Waals surface area contributed by atoms with E-state index in [2.05, 4.69) is 70.6 Å². The second-order valence-electron chi connectivity index (χ2n) is 16.3. The first kappa shape index (κ1) is 47.0. The second-order valence-corrected chi connectivity index (χ2v) is 17.0. The smallest absolute Gasteiger partial charge is 0.326 e. The summed E-state index contributed by atoms with van der Waals surface area (Å²) in [7, 11) is 9.18. The summed E-state index contributed by atoms with van der Waals surface area (Å²) < 4.78 is 8.43. The zero-order valence-electron chi connectivity index (χ0n) is 37.2. The SMILES string of the molecule is Cn1c(-c2cccnc2)nc2c(N3CCC(n4c(=O)[nH]c5ccccc54)CC3)ncnc21.Cn1c(Br)nc2c(N3CCC(n4c(=O)[nH]c5ccccc54)CC3)ncnc21.O.O.[B]c1cccnc1. The van der Waals surface area contributed by atoms with E-state index in [0.29, 0.717) is 5.46 Å². The van der Waals surface area contributed by atoms with E-state index in [1.54, 1.807) is 49.6 Å². The number of aryl methyl sites for hydroxylation is 2. The molecule has 0 unspecified atom stereocenters. The van der Waals surface area contributed by atoms with E-state index in [1.165, 1.54) is 0 Å². The first-order valence-corrected chi connectivity index (χ1v) is 22.5. The van der Waals surface area contributed by atoms with Crippen molar-refractivity contribution in [3.05, 3.63) is 136 Å². The molecule has 6 N–H and O–H groups in total. The van der Waals surface area contributed by atoms with Crippen molar-refractivity contribution in [2.75, 3.05) is 36.0 Å². The standard InChI is InChI=1S/C23H22N8O.C18H18BrN7O.C5H4BN.2H2O/c1-29-20(15-5-4-10-24-13-15)28-19-21(29)25-14-26-22(19)30-11-8-16(9-12-30)31-18-7-3-2-6-17(18)27-23(31)32;1-24-15-14(23-17(24)19)16(21-10-20-15)25-8-6-11(7-9-25)26-13-5-3-2-4-12(13)22-18(26)27;6-5-2-1-3-7-4-5;;/h2-7,10,13-14,16H,8-9,11-12H2,1H3,(H,27,32);2-5,10-11H,6-9H2,1H3,(H,22,27);1-4H;2*1H2. The molecule has 20 nitrogen and oxygen atoms in total. The fourth-order valence-corrected chi connectivity index (χ4v) is 9.43. The molecule has 8 aromatic heterocycles. The Kier molecular flexibility index (Phi) is 13.9. The number of hydrogen-bond acceptors (Lipinski definition) is 12. The minimum absolute atomic E-state index is 0. The molecule has 10 heterocycles. The lowest BCUT2D eigenvalue weighted by Gasteiger charge is -2.33. The van der Waals surface area contributed by atoms with Crippen LogP contribution < -0.4 is 26.6 Å². The number of rotatable bonds is 5. The van der Waals surface area contributed by atoms with Crippen molar-refractivity contribution in [2.45, 2.75) is 37.8 Å². The number of pyridine rings is 2. The van der Waals surface area contributed by atoms with Gasteiger partial charge in [0.15, 0.2) is 38.7 Å². The van der Waals surface area contributed by atoms with Crippen LogP contribution in [0.4, 0.5) is 11.6 Å². The lowest BCUT2D eigenvalue weighted by molar-refractivity contribution is 0.395. The largest absolute Gasteiger partial charge is 0.412 e. The minimum Gasteiger partial charge on any atom is -0.412 e. The molecule has 0 amide bonds. The monoisotopic (exact) mass is 978 g/mol.